The van der Waals surface area contributed by atoms with Crippen molar-refractivity contribution in [3.05, 3.63) is 34.9 Å². The first-order valence-corrected chi connectivity index (χ1v) is 4.65. The van der Waals surface area contributed by atoms with Crippen molar-refractivity contribution in [1.82, 2.24) is 0 Å². The Morgan fingerprint density at radius 2 is 2.29 bits per heavy atom. The molecule has 0 saturated heterocycles. The number of aryl methyl sites for hydroxylation is 1. The summed E-state index contributed by atoms with van der Waals surface area (Å²) < 4.78 is 5.13. The Kier molecular flexibility index (Phi) is 2.25. The first-order chi connectivity index (χ1) is 6.72. The van der Waals surface area contributed by atoms with Gasteiger partial charge in [-0.1, -0.05) is 17.7 Å². The van der Waals surface area contributed by atoms with Crippen LogP contribution in [0, 0.1) is 6.92 Å². The minimum atomic E-state index is -0.276. The van der Waals surface area contributed by atoms with E-state index in [-0.39, 0.29) is 18.7 Å². The average molecular weight is 192 g/mol. The van der Waals surface area contributed by atoms with Crippen LogP contribution in [0.4, 0.5) is 0 Å². The lowest BCUT2D eigenvalue weighted by Gasteiger charge is -2.07. The summed E-state index contributed by atoms with van der Waals surface area (Å²) in [6.45, 7) is 1.97. The number of fused-ring (bicyclic) bond motifs is 1. The van der Waals surface area contributed by atoms with Crippen LogP contribution in [-0.4, -0.2) is 17.7 Å². The van der Waals surface area contributed by atoms with Crippen molar-refractivity contribution < 1.29 is 14.6 Å². The Labute approximate surface area is 82.3 Å². The van der Waals surface area contributed by atoms with Crippen LogP contribution in [0.1, 0.15) is 34.0 Å². The molecule has 1 aromatic carbocycles. The second-order valence-electron chi connectivity index (χ2n) is 3.50. The lowest BCUT2D eigenvalue weighted by atomic mass is 10.0. The Bertz CT molecular complexity index is 371. The van der Waals surface area contributed by atoms with E-state index in [1.807, 2.05) is 25.1 Å². The first-order valence-electron chi connectivity index (χ1n) is 4.65. The summed E-state index contributed by atoms with van der Waals surface area (Å²) in [4.78, 5) is 11.4. The lowest BCUT2D eigenvalue weighted by molar-refractivity contribution is 0.0332. The first kappa shape index (κ1) is 9.21. The van der Waals surface area contributed by atoms with Crippen LogP contribution in [0.25, 0.3) is 0 Å². The molecule has 1 unspecified atom stereocenters. The number of ether oxygens (including phenoxy) is 1. The third-order valence-electron chi connectivity index (χ3n) is 2.42. The van der Waals surface area contributed by atoms with E-state index < -0.39 is 0 Å². The molecule has 3 heteroatoms. The van der Waals surface area contributed by atoms with E-state index in [9.17, 15) is 4.79 Å². The highest BCUT2D eigenvalue weighted by atomic mass is 16.5. The molecule has 2 rings (SSSR count). The topological polar surface area (TPSA) is 46.5 Å². The minimum Gasteiger partial charge on any atom is -0.454 e. The molecule has 0 bridgehead atoms. The SMILES string of the molecule is Cc1ccc2c(c1)C(=O)OC2CCO. The molecule has 0 aliphatic carbocycles. The molecular weight excluding hydrogens is 180 g/mol. The van der Waals surface area contributed by atoms with Gasteiger partial charge in [-0.3, -0.25) is 0 Å². The second-order valence-corrected chi connectivity index (χ2v) is 3.50. The number of cyclic esters (lactones) is 1. The molecule has 0 saturated carbocycles. The molecule has 1 N–H and O–H groups in total. The van der Waals surface area contributed by atoms with Crippen LogP contribution in [0.15, 0.2) is 18.2 Å². The third kappa shape index (κ3) is 1.40. The number of aliphatic hydroxyl groups excluding tert-OH is 1. The molecule has 1 heterocycles. The average Bonchev–Trinajstić information content (AvgIpc) is 2.44. The van der Waals surface area contributed by atoms with Crippen LogP contribution in [-0.2, 0) is 4.74 Å². The Hall–Kier alpha value is -1.35. The predicted octanol–water partition coefficient (Wildman–Crippen LogP) is 1.59. The van der Waals surface area contributed by atoms with Crippen LogP contribution >= 0.6 is 0 Å². The molecule has 0 amide bonds. The van der Waals surface area contributed by atoms with E-state index >= 15 is 0 Å². The number of hydrogen-bond donors (Lipinski definition) is 1. The highest BCUT2D eigenvalue weighted by Gasteiger charge is 2.30. The molecule has 0 aromatic heterocycles. The summed E-state index contributed by atoms with van der Waals surface area (Å²) in [5, 5.41) is 8.80. The zero-order chi connectivity index (χ0) is 10.1. The van der Waals surface area contributed by atoms with Gasteiger partial charge < -0.3 is 9.84 Å². The van der Waals surface area contributed by atoms with Gasteiger partial charge in [-0.15, -0.1) is 0 Å². The highest BCUT2D eigenvalue weighted by molar-refractivity contribution is 5.94. The van der Waals surface area contributed by atoms with E-state index in [1.54, 1.807) is 0 Å². The van der Waals surface area contributed by atoms with Crippen LogP contribution in [0.2, 0.25) is 0 Å². The van der Waals surface area contributed by atoms with E-state index in [2.05, 4.69) is 0 Å². The molecule has 0 fully saturated rings. The summed E-state index contributed by atoms with van der Waals surface area (Å²) in [6.07, 6.45) is 0.213. The van der Waals surface area contributed by atoms with Gasteiger partial charge in [-0.05, 0) is 13.0 Å². The lowest BCUT2D eigenvalue weighted by Crippen LogP contribution is -2.00. The summed E-state index contributed by atoms with van der Waals surface area (Å²) >= 11 is 0. The maximum atomic E-state index is 11.4. The van der Waals surface area contributed by atoms with Gasteiger partial charge in [0.2, 0.25) is 0 Å². The zero-order valence-electron chi connectivity index (χ0n) is 7.99. The Morgan fingerprint density at radius 3 is 3.00 bits per heavy atom. The number of rotatable bonds is 2. The van der Waals surface area contributed by atoms with Crippen LogP contribution < -0.4 is 0 Å². The van der Waals surface area contributed by atoms with Gasteiger partial charge in [-0.2, -0.15) is 0 Å². The number of esters is 1. The van der Waals surface area contributed by atoms with Crippen molar-refractivity contribution >= 4 is 5.97 Å². The van der Waals surface area contributed by atoms with Gasteiger partial charge in [0, 0.05) is 18.6 Å². The largest absolute Gasteiger partial charge is 0.454 e. The van der Waals surface area contributed by atoms with E-state index in [1.165, 1.54) is 0 Å². The quantitative estimate of drug-likeness (QED) is 0.724. The van der Waals surface area contributed by atoms with Crippen molar-refractivity contribution in [3.8, 4) is 0 Å². The molecule has 74 valence electrons. The molecule has 14 heavy (non-hydrogen) atoms. The fourth-order valence-corrected chi connectivity index (χ4v) is 1.72. The van der Waals surface area contributed by atoms with Crippen molar-refractivity contribution in [2.45, 2.75) is 19.4 Å². The summed E-state index contributed by atoms with van der Waals surface area (Å²) in [5.74, 6) is -0.276. The van der Waals surface area contributed by atoms with Crippen molar-refractivity contribution in [2.24, 2.45) is 0 Å². The number of hydrogen-bond acceptors (Lipinski definition) is 3. The monoisotopic (exact) mass is 192 g/mol. The molecule has 0 spiro atoms. The molecule has 1 aliphatic heterocycles. The maximum Gasteiger partial charge on any atom is 0.339 e. The summed E-state index contributed by atoms with van der Waals surface area (Å²) in [6, 6.07) is 5.68. The smallest absolute Gasteiger partial charge is 0.339 e. The number of benzene rings is 1. The molecule has 1 atom stereocenters. The fraction of sp³-hybridized carbons (Fsp3) is 0.364. The van der Waals surface area contributed by atoms with Crippen LogP contribution in [0.3, 0.4) is 0 Å². The molecule has 3 nitrogen and oxygen atoms in total. The van der Waals surface area contributed by atoms with E-state index in [0.717, 1.165) is 11.1 Å². The second kappa shape index (κ2) is 3.42. The number of carbonyl (C=O) groups excluding carboxylic acids is 1. The van der Waals surface area contributed by atoms with Crippen LogP contribution in [0.5, 0.6) is 0 Å². The van der Waals surface area contributed by atoms with Crippen molar-refractivity contribution in [1.29, 1.82) is 0 Å². The third-order valence-corrected chi connectivity index (χ3v) is 2.42. The van der Waals surface area contributed by atoms with Gasteiger partial charge in [-0.25, -0.2) is 4.79 Å². The van der Waals surface area contributed by atoms with Gasteiger partial charge in [0.15, 0.2) is 0 Å². The van der Waals surface area contributed by atoms with Gasteiger partial charge in [0.1, 0.15) is 6.10 Å². The van der Waals surface area contributed by atoms with Gasteiger partial charge >= 0.3 is 5.97 Å². The number of carbonyl (C=O) groups is 1. The predicted molar refractivity (Wildman–Crippen MR) is 51.0 cm³/mol. The van der Waals surface area contributed by atoms with Crippen molar-refractivity contribution in [3.63, 3.8) is 0 Å². The maximum absolute atomic E-state index is 11.4. The van der Waals surface area contributed by atoms with Crippen molar-refractivity contribution in [2.75, 3.05) is 6.61 Å². The van der Waals surface area contributed by atoms with Gasteiger partial charge in [0.05, 0.1) is 5.56 Å². The highest BCUT2D eigenvalue weighted by Crippen LogP contribution is 2.33. The molecular formula is C11H12O3. The molecule has 1 aliphatic rings. The minimum absolute atomic E-state index is 0.0330. The van der Waals surface area contributed by atoms with E-state index in [0.29, 0.717) is 12.0 Å². The zero-order valence-corrected chi connectivity index (χ0v) is 7.99. The standard InChI is InChI=1S/C11H12O3/c1-7-2-3-8-9(6-7)11(13)14-10(8)4-5-12/h2-3,6,10,12H,4-5H2,1H3. The van der Waals surface area contributed by atoms with E-state index in [4.69, 9.17) is 9.84 Å². The Morgan fingerprint density at radius 1 is 1.50 bits per heavy atom. The summed E-state index contributed by atoms with van der Waals surface area (Å²) in [5.41, 5.74) is 2.59. The molecule has 0 radical (unpaired) electrons. The molecule has 1 aromatic rings. The summed E-state index contributed by atoms with van der Waals surface area (Å²) in [7, 11) is 0. The van der Waals surface area contributed by atoms with Gasteiger partial charge in [0.25, 0.3) is 0 Å². The Balaban J connectivity index is 2.39. The normalized spacial score (nSPS) is 19.3. The number of aliphatic hydroxyl groups is 1. The fourth-order valence-electron chi connectivity index (χ4n) is 1.72.